The Kier molecular flexibility index (Phi) is 9.22. The van der Waals surface area contributed by atoms with Crippen LogP contribution in [0.1, 0.15) is 61.1 Å². The van der Waals surface area contributed by atoms with E-state index in [0.717, 1.165) is 45.3 Å². The Bertz CT molecular complexity index is 3430. The summed E-state index contributed by atoms with van der Waals surface area (Å²) in [6.45, 7) is 9.12. The van der Waals surface area contributed by atoms with Gasteiger partial charge in [0.2, 0.25) is 0 Å². The number of anilines is 3. The van der Waals surface area contributed by atoms with E-state index in [-0.39, 0.29) is 5.41 Å². The predicted molar refractivity (Wildman–Crippen MR) is 275 cm³/mol. The molecule has 3 aliphatic rings. The van der Waals surface area contributed by atoms with Crippen molar-refractivity contribution in [2.45, 2.75) is 38.5 Å². The number of benzene rings is 9. The number of para-hydroxylation sites is 2. The molecule has 0 saturated carbocycles. The minimum atomic E-state index is -0.633. The van der Waals surface area contributed by atoms with E-state index in [4.69, 9.17) is 4.74 Å². The van der Waals surface area contributed by atoms with E-state index in [0.29, 0.717) is 0 Å². The SMILES string of the molecule is C/C=C\C1=C(C)C(C)(C)c2cc(N(c3ccc(-c4cccc5c4C4(c6ccccc6Oc6ccc(-c7ccccc7)cc64)c4ccccc4-5)cc3)c3ccccc3-c3ccccc3)ccc21. The molecule has 2 heteroatoms. The van der Waals surface area contributed by atoms with Crippen LogP contribution in [0.15, 0.2) is 230 Å². The van der Waals surface area contributed by atoms with Gasteiger partial charge in [-0.25, -0.2) is 0 Å². The van der Waals surface area contributed by atoms with Gasteiger partial charge in [0.25, 0.3) is 0 Å². The van der Waals surface area contributed by atoms with Crippen molar-refractivity contribution < 1.29 is 4.74 Å². The highest BCUT2D eigenvalue weighted by atomic mass is 16.5. The molecule has 316 valence electrons. The van der Waals surface area contributed by atoms with E-state index in [9.17, 15) is 0 Å². The third-order valence-corrected chi connectivity index (χ3v) is 14.6. The number of allylic oxidation sites excluding steroid dienone is 4. The number of nitrogens with zero attached hydrogens (tertiary/aromatic N) is 1. The van der Waals surface area contributed by atoms with Crippen LogP contribution in [0.3, 0.4) is 0 Å². The standard InChI is InChI=1S/C64H49NO/c1-5-19-49-42(2)63(3,4)57-41-48(37-38-53(49)57)65(59-30-16-13-24-50(59)44-22-10-7-11-23-44)47-35-32-45(33-36-47)51-26-18-27-54-52-25-12-14-28-55(52)64(62(51)54)56-29-15-17-31-60(56)66-61-39-34-46(40-58(61)64)43-20-8-6-9-21-43/h5-41H,1-4H3/b19-5-. The summed E-state index contributed by atoms with van der Waals surface area (Å²) in [6, 6.07) is 77.9. The zero-order valence-corrected chi connectivity index (χ0v) is 37.7. The Balaban J connectivity index is 1.06. The molecular weight excluding hydrogens is 799 g/mol. The van der Waals surface area contributed by atoms with Crippen molar-refractivity contribution >= 4 is 22.6 Å². The lowest BCUT2D eigenvalue weighted by molar-refractivity contribution is 0.436. The monoisotopic (exact) mass is 847 g/mol. The van der Waals surface area contributed by atoms with Gasteiger partial charge in [0.05, 0.1) is 11.1 Å². The maximum Gasteiger partial charge on any atom is 0.132 e. The van der Waals surface area contributed by atoms with Gasteiger partial charge >= 0.3 is 0 Å². The zero-order chi connectivity index (χ0) is 44.6. The fourth-order valence-corrected chi connectivity index (χ4v) is 11.3. The first-order valence-corrected chi connectivity index (χ1v) is 23.1. The molecule has 0 bridgehead atoms. The summed E-state index contributed by atoms with van der Waals surface area (Å²) >= 11 is 0. The van der Waals surface area contributed by atoms with Crippen molar-refractivity contribution in [2.75, 3.05) is 4.90 Å². The minimum Gasteiger partial charge on any atom is -0.457 e. The Morgan fingerprint density at radius 1 is 0.424 bits per heavy atom. The normalized spacial score (nSPS) is 16.1. The third kappa shape index (κ3) is 5.88. The van der Waals surface area contributed by atoms with E-state index in [1.807, 2.05) is 0 Å². The van der Waals surface area contributed by atoms with Gasteiger partial charge in [-0.1, -0.05) is 195 Å². The number of hydrogen-bond donors (Lipinski definition) is 0. The van der Waals surface area contributed by atoms with Crippen LogP contribution >= 0.6 is 0 Å². The fraction of sp³-hybridized carbons (Fsp3) is 0.0938. The molecule has 12 rings (SSSR count). The Hall–Kier alpha value is -7.94. The van der Waals surface area contributed by atoms with Crippen molar-refractivity contribution in [3.05, 3.63) is 263 Å². The van der Waals surface area contributed by atoms with Gasteiger partial charge in [-0.05, 0) is 129 Å². The highest BCUT2D eigenvalue weighted by Gasteiger charge is 2.52. The number of hydrogen-bond acceptors (Lipinski definition) is 2. The molecule has 0 aromatic heterocycles. The second kappa shape index (κ2) is 15.4. The number of rotatable bonds is 7. The summed E-state index contributed by atoms with van der Waals surface area (Å²) in [4.78, 5) is 2.45. The molecule has 2 nitrogen and oxygen atoms in total. The van der Waals surface area contributed by atoms with Crippen LogP contribution in [-0.2, 0) is 10.8 Å². The first-order chi connectivity index (χ1) is 32.4. The minimum absolute atomic E-state index is 0.112. The largest absolute Gasteiger partial charge is 0.457 e. The third-order valence-electron chi connectivity index (χ3n) is 14.6. The molecular formula is C64H49NO. The molecule has 66 heavy (non-hydrogen) atoms. The molecule has 0 fully saturated rings. The van der Waals surface area contributed by atoms with E-state index < -0.39 is 5.41 Å². The van der Waals surface area contributed by atoms with Gasteiger partial charge in [-0.15, -0.1) is 0 Å². The fourth-order valence-electron chi connectivity index (χ4n) is 11.3. The summed E-state index contributed by atoms with van der Waals surface area (Å²) in [5.41, 5.74) is 22.4. The lowest BCUT2D eigenvalue weighted by Gasteiger charge is -2.40. The van der Waals surface area contributed by atoms with Gasteiger partial charge in [-0.2, -0.15) is 0 Å². The van der Waals surface area contributed by atoms with Gasteiger partial charge < -0.3 is 9.64 Å². The van der Waals surface area contributed by atoms with Crippen LogP contribution in [0.2, 0.25) is 0 Å². The summed E-state index contributed by atoms with van der Waals surface area (Å²) in [5.74, 6) is 1.77. The van der Waals surface area contributed by atoms with Crippen LogP contribution in [0.4, 0.5) is 17.1 Å². The van der Waals surface area contributed by atoms with E-state index >= 15 is 0 Å². The van der Waals surface area contributed by atoms with E-state index in [1.54, 1.807) is 0 Å². The molecule has 1 atom stereocenters. The molecule has 2 aliphatic carbocycles. The molecule has 1 spiro atoms. The first-order valence-electron chi connectivity index (χ1n) is 23.1. The van der Waals surface area contributed by atoms with Crippen molar-refractivity contribution in [3.63, 3.8) is 0 Å². The summed E-state index contributed by atoms with van der Waals surface area (Å²) in [6.07, 6.45) is 4.43. The Morgan fingerprint density at radius 2 is 1.02 bits per heavy atom. The van der Waals surface area contributed by atoms with Crippen molar-refractivity contribution in [2.24, 2.45) is 0 Å². The maximum absolute atomic E-state index is 6.85. The summed E-state index contributed by atoms with van der Waals surface area (Å²) < 4.78 is 6.85. The molecule has 9 aromatic carbocycles. The molecule has 0 N–H and O–H groups in total. The predicted octanol–water partition coefficient (Wildman–Crippen LogP) is 17.3. The van der Waals surface area contributed by atoms with Crippen molar-refractivity contribution in [3.8, 4) is 56.0 Å². The molecule has 1 heterocycles. The Morgan fingerprint density at radius 3 is 1.79 bits per heavy atom. The van der Waals surface area contributed by atoms with Crippen LogP contribution in [0, 0.1) is 0 Å². The molecule has 9 aromatic rings. The number of ether oxygens (including phenoxy) is 1. The molecule has 0 saturated heterocycles. The zero-order valence-electron chi connectivity index (χ0n) is 37.7. The topological polar surface area (TPSA) is 12.5 Å². The average molecular weight is 848 g/mol. The molecule has 0 amide bonds. The van der Waals surface area contributed by atoms with Crippen LogP contribution in [0.5, 0.6) is 11.5 Å². The molecule has 1 aliphatic heterocycles. The second-order valence-corrected chi connectivity index (χ2v) is 18.4. The van der Waals surface area contributed by atoms with Gasteiger partial charge in [-0.3, -0.25) is 0 Å². The van der Waals surface area contributed by atoms with Gasteiger partial charge in [0, 0.05) is 33.5 Å². The number of fused-ring (bicyclic) bond motifs is 10. The average Bonchev–Trinajstić information content (AvgIpc) is 3.76. The smallest absolute Gasteiger partial charge is 0.132 e. The lowest BCUT2D eigenvalue weighted by atomic mass is 9.64. The highest BCUT2D eigenvalue weighted by molar-refractivity contribution is 5.96. The highest BCUT2D eigenvalue weighted by Crippen LogP contribution is 2.64. The first kappa shape index (κ1) is 39.6. The summed E-state index contributed by atoms with van der Waals surface area (Å²) in [7, 11) is 0. The van der Waals surface area contributed by atoms with E-state index in [1.165, 1.54) is 72.3 Å². The van der Waals surface area contributed by atoms with Crippen LogP contribution in [-0.4, -0.2) is 0 Å². The van der Waals surface area contributed by atoms with Gasteiger partial charge in [0.15, 0.2) is 0 Å². The van der Waals surface area contributed by atoms with Crippen LogP contribution < -0.4 is 9.64 Å². The van der Waals surface area contributed by atoms with Crippen LogP contribution in [0.25, 0.3) is 50.1 Å². The maximum atomic E-state index is 6.85. The van der Waals surface area contributed by atoms with Crippen molar-refractivity contribution in [1.29, 1.82) is 0 Å². The second-order valence-electron chi connectivity index (χ2n) is 18.4. The lowest BCUT2D eigenvalue weighted by Crippen LogP contribution is -2.32. The van der Waals surface area contributed by atoms with E-state index in [2.05, 4.69) is 257 Å². The molecule has 1 unspecified atom stereocenters. The van der Waals surface area contributed by atoms with Crippen molar-refractivity contribution in [1.82, 2.24) is 0 Å². The molecule has 0 radical (unpaired) electrons. The van der Waals surface area contributed by atoms with Gasteiger partial charge in [0.1, 0.15) is 11.5 Å². The quantitative estimate of drug-likeness (QED) is 0.158. The summed E-state index contributed by atoms with van der Waals surface area (Å²) in [5, 5.41) is 0. The Labute approximate surface area is 388 Å².